The molecule has 2 N–H and O–H groups in total. The highest BCUT2D eigenvalue weighted by molar-refractivity contribution is 7.13. The van der Waals surface area contributed by atoms with Crippen molar-refractivity contribution in [3.05, 3.63) is 45.9 Å². The van der Waals surface area contributed by atoms with Gasteiger partial charge in [0.1, 0.15) is 0 Å². The number of anilines is 1. The summed E-state index contributed by atoms with van der Waals surface area (Å²) in [5.41, 5.74) is 2.11. The summed E-state index contributed by atoms with van der Waals surface area (Å²) < 4.78 is 0. The number of nitrogens with one attached hydrogen (secondary N) is 2. The molecule has 1 atom stereocenters. The molecule has 1 aliphatic carbocycles. The Labute approximate surface area is 132 Å². The number of carbonyl (C=O) groups is 1. The Hall–Kier alpha value is -1.59. The lowest BCUT2D eigenvalue weighted by Crippen LogP contribution is -2.31. The van der Waals surface area contributed by atoms with Crippen LogP contribution in [0.2, 0.25) is 5.02 Å². The number of hydrogen-bond donors (Lipinski definition) is 2. The number of aromatic nitrogens is 1. The molecule has 110 valence electrons. The molecule has 21 heavy (non-hydrogen) atoms. The summed E-state index contributed by atoms with van der Waals surface area (Å²) in [4.78, 5) is 16.4. The standard InChI is InChI=1S/C15H16ClN3OS/c1-9(10-4-6-12(16)7-5-10)17-14(20)19-15-18-13(8-21-15)11-2-3-11/h4-9,11H,2-3H2,1H3,(H2,17,18,19,20). The summed E-state index contributed by atoms with van der Waals surface area (Å²) in [5.74, 6) is 0.604. The zero-order valence-electron chi connectivity index (χ0n) is 11.6. The molecule has 0 aliphatic heterocycles. The normalized spacial score (nSPS) is 15.5. The summed E-state index contributed by atoms with van der Waals surface area (Å²) in [5, 5.41) is 9.04. The van der Waals surface area contributed by atoms with E-state index in [1.54, 1.807) is 0 Å². The maximum atomic E-state index is 12.0. The summed E-state index contributed by atoms with van der Waals surface area (Å²) in [6, 6.07) is 7.11. The van der Waals surface area contributed by atoms with E-state index in [1.807, 2.05) is 36.6 Å². The topological polar surface area (TPSA) is 54.0 Å². The van der Waals surface area contributed by atoms with Crippen molar-refractivity contribution in [3.8, 4) is 0 Å². The minimum absolute atomic E-state index is 0.0925. The second kappa shape index (κ2) is 6.03. The van der Waals surface area contributed by atoms with Gasteiger partial charge in [-0.15, -0.1) is 11.3 Å². The lowest BCUT2D eigenvalue weighted by Gasteiger charge is -2.14. The van der Waals surface area contributed by atoms with E-state index < -0.39 is 0 Å². The first-order valence-electron chi connectivity index (χ1n) is 6.90. The summed E-state index contributed by atoms with van der Waals surface area (Å²) >= 11 is 7.33. The van der Waals surface area contributed by atoms with Gasteiger partial charge in [-0.1, -0.05) is 23.7 Å². The molecule has 1 heterocycles. The van der Waals surface area contributed by atoms with Crippen molar-refractivity contribution in [2.24, 2.45) is 0 Å². The van der Waals surface area contributed by atoms with Crippen molar-refractivity contribution in [2.75, 3.05) is 5.32 Å². The van der Waals surface area contributed by atoms with E-state index in [1.165, 1.54) is 24.2 Å². The molecule has 0 saturated heterocycles. The van der Waals surface area contributed by atoms with E-state index in [0.29, 0.717) is 16.1 Å². The maximum Gasteiger partial charge on any atom is 0.321 e. The van der Waals surface area contributed by atoms with Gasteiger partial charge in [-0.2, -0.15) is 0 Å². The average Bonchev–Trinajstić information content (AvgIpc) is 3.20. The Morgan fingerprint density at radius 3 is 2.76 bits per heavy atom. The van der Waals surface area contributed by atoms with Crippen LogP contribution in [0, 0.1) is 0 Å². The Morgan fingerprint density at radius 2 is 2.10 bits per heavy atom. The fraction of sp³-hybridized carbons (Fsp3) is 0.333. The molecule has 3 rings (SSSR count). The lowest BCUT2D eigenvalue weighted by molar-refractivity contribution is 0.249. The van der Waals surface area contributed by atoms with Crippen molar-refractivity contribution in [1.82, 2.24) is 10.3 Å². The van der Waals surface area contributed by atoms with Crippen LogP contribution >= 0.6 is 22.9 Å². The number of amides is 2. The minimum Gasteiger partial charge on any atom is -0.331 e. The van der Waals surface area contributed by atoms with Crippen molar-refractivity contribution in [3.63, 3.8) is 0 Å². The van der Waals surface area contributed by atoms with Crippen molar-refractivity contribution in [2.45, 2.75) is 31.7 Å². The zero-order chi connectivity index (χ0) is 14.8. The van der Waals surface area contributed by atoms with Crippen LogP contribution in [0.5, 0.6) is 0 Å². The molecule has 2 amide bonds. The molecule has 4 nitrogen and oxygen atoms in total. The first-order valence-corrected chi connectivity index (χ1v) is 8.16. The van der Waals surface area contributed by atoms with Gasteiger partial charge in [0.2, 0.25) is 0 Å². The zero-order valence-corrected chi connectivity index (χ0v) is 13.2. The SMILES string of the molecule is CC(NC(=O)Nc1nc(C2CC2)cs1)c1ccc(Cl)cc1. The van der Waals surface area contributed by atoms with E-state index in [0.717, 1.165) is 11.3 Å². The second-order valence-corrected chi connectivity index (χ2v) is 6.52. The third-order valence-electron chi connectivity index (χ3n) is 3.46. The van der Waals surface area contributed by atoms with Crippen LogP contribution in [0.4, 0.5) is 9.93 Å². The van der Waals surface area contributed by atoms with E-state index in [9.17, 15) is 4.79 Å². The van der Waals surface area contributed by atoms with E-state index in [2.05, 4.69) is 15.6 Å². The second-order valence-electron chi connectivity index (χ2n) is 5.22. The number of carbonyl (C=O) groups excluding carboxylic acids is 1. The van der Waals surface area contributed by atoms with Crippen LogP contribution in [0.25, 0.3) is 0 Å². The molecule has 1 aromatic heterocycles. The Bertz CT molecular complexity index is 637. The summed E-state index contributed by atoms with van der Waals surface area (Å²) in [6.07, 6.45) is 2.42. The molecule has 0 spiro atoms. The highest BCUT2D eigenvalue weighted by atomic mass is 35.5. The predicted octanol–water partition coefficient (Wildman–Crippen LogP) is 4.56. The van der Waals surface area contributed by atoms with Gasteiger partial charge in [0.15, 0.2) is 5.13 Å². The number of halogens is 1. The number of rotatable bonds is 4. The van der Waals surface area contributed by atoms with Crippen LogP contribution in [0.1, 0.15) is 43.0 Å². The third-order valence-corrected chi connectivity index (χ3v) is 4.48. The molecule has 2 aromatic rings. The first kappa shape index (κ1) is 14.4. The van der Waals surface area contributed by atoms with Crippen LogP contribution in [0.15, 0.2) is 29.6 Å². The van der Waals surface area contributed by atoms with Gasteiger partial charge in [0, 0.05) is 16.3 Å². The fourth-order valence-electron chi connectivity index (χ4n) is 2.07. The smallest absolute Gasteiger partial charge is 0.321 e. The summed E-state index contributed by atoms with van der Waals surface area (Å²) in [6.45, 7) is 1.93. The van der Waals surface area contributed by atoms with Gasteiger partial charge in [-0.05, 0) is 37.5 Å². The molecule has 1 aliphatic rings. The molecule has 0 radical (unpaired) electrons. The number of thiazole rings is 1. The fourth-order valence-corrected chi connectivity index (χ4v) is 2.99. The molecule has 6 heteroatoms. The summed E-state index contributed by atoms with van der Waals surface area (Å²) in [7, 11) is 0. The van der Waals surface area contributed by atoms with Gasteiger partial charge in [0.25, 0.3) is 0 Å². The van der Waals surface area contributed by atoms with Gasteiger partial charge >= 0.3 is 6.03 Å². The number of benzene rings is 1. The highest BCUT2D eigenvalue weighted by Gasteiger charge is 2.26. The monoisotopic (exact) mass is 321 g/mol. The first-order chi connectivity index (χ1) is 10.1. The molecular weight excluding hydrogens is 306 g/mol. The van der Waals surface area contributed by atoms with E-state index >= 15 is 0 Å². The lowest BCUT2D eigenvalue weighted by atomic mass is 10.1. The average molecular weight is 322 g/mol. The molecular formula is C15H16ClN3OS. The van der Waals surface area contributed by atoms with Gasteiger partial charge in [-0.3, -0.25) is 5.32 Å². The Morgan fingerprint density at radius 1 is 1.38 bits per heavy atom. The van der Waals surface area contributed by atoms with Gasteiger partial charge in [-0.25, -0.2) is 9.78 Å². The van der Waals surface area contributed by atoms with E-state index in [4.69, 9.17) is 11.6 Å². The maximum absolute atomic E-state index is 12.0. The quantitative estimate of drug-likeness (QED) is 0.867. The molecule has 1 unspecified atom stereocenters. The van der Waals surface area contributed by atoms with Gasteiger partial charge in [0.05, 0.1) is 11.7 Å². The van der Waals surface area contributed by atoms with Crippen LogP contribution in [0.3, 0.4) is 0 Å². The molecule has 0 bridgehead atoms. The van der Waals surface area contributed by atoms with E-state index in [-0.39, 0.29) is 12.1 Å². The third kappa shape index (κ3) is 3.74. The molecule has 1 aromatic carbocycles. The number of nitrogens with zero attached hydrogens (tertiary/aromatic N) is 1. The largest absolute Gasteiger partial charge is 0.331 e. The minimum atomic E-state index is -0.242. The van der Waals surface area contributed by atoms with Crippen molar-refractivity contribution >= 4 is 34.1 Å². The Kier molecular flexibility index (Phi) is 4.12. The highest BCUT2D eigenvalue weighted by Crippen LogP contribution is 2.40. The van der Waals surface area contributed by atoms with Crippen LogP contribution < -0.4 is 10.6 Å². The molecule has 1 fully saturated rings. The number of hydrogen-bond acceptors (Lipinski definition) is 3. The van der Waals surface area contributed by atoms with Crippen LogP contribution in [-0.2, 0) is 0 Å². The predicted molar refractivity (Wildman–Crippen MR) is 86.1 cm³/mol. The van der Waals surface area contributed by atoms with Crippen molar-refractivity contribution in [1.29, 1.82) is 0 Å². The van der Waals surface area contributed by atoms with Crippen molar-refractivity contribution < 1.29 is 4.79 Å². The number of urea groups is 1. The van der Waals surface area contributed by atoms with Crippen LogP contribution in [-0.4, -0.2) is 11.0 Å². The molecule has 1 saturated carbocycles. The van der Waals surface area contributed by atoms with Gasteiger partial charge < -0.3 is 5.32 Å². The Balaban J connectivity index is 1.56.